The summed E-state index contributed by atoms with van der Waals surface area (Å²) >= 11 is 1.51. The summed E-state index contributed by atoms with van der Waals surface area (Å²) in [6.07, 6.45) is 2.49. The van der Waals surface area contributed by atoms with Crippen molar-refractivity contribution in [2.75, 3.05) is 32.7 Å². The Morgan fingerprint density at radius 2 is 2.35 bits per heavy atom. The first-order chi connectivity index (χ1) is 9.78. The van der Waals surface area contributed by atoms with Crippen LogP contribution in [0.15, 0.2) is 11.4 Å². The fourth-order valence-corrected chi connectivity index (χ4v) is 3.76. The molecule has 2 N–H and O–H groups in total. The summed E-state index contributed by atoms with van der Waals surface area (Å²) in [6.45, 7) is 4.28. The van der Waals surface area contributed by atoms with E-state index in [0.29, 0.717) is 12.6 Å². The molecule has 2 aliphatic heterocycles. The Morgan fingerprint density at radius 3 is 3.20 bits per heavy atom. The minimum Gasteiger partial charge on any atom is -0.336 e. The number of piperazine rings is 1. The van der Waals surface area contributed by atoms with E-state index in [2.05, 4.69) is 16.7 Å². The van der Waals surface area contributed by atoms with Crippen molar-refractivity contribution in [2.24, 2.45) is 5.73 Å². The second kappa shape index (κ2) is 5.96. The normalized spacial score (nSPS) is 22.2. The molecule has 0 saturated carbocycles. The third-order valence-corrected chi connectivity index (χ3v) is 4.88. The first-order valence-electron chi connectivity index (χ1n) is 7.08. The summed E-state index contributed by atoms with van der Waals surface area (Å²) in [5.74, 6) is 5.95. The topological polar surface area (TPSA) is 49.6 Å². The molecule has 0 aliphatic carbocycles. The minimum absolute atomic E-state index is 0.147. The summed E-state index contributed by atoms with van der Waals surface area (Å²) < 4.78 is 0. The molecule has 1 unspecified atom stereocenters. The number of carbonyl (C=O) groups is 1. The van der Waals surface area contributed by atoms with Crippen LogP contribution in [0.3, 0.4) is 0 Å². The number of nitrogens with two attached hydrogens (primary N) is 1. The van der Waals surface area contributed by atoms with E-state index in [1.165, 1.54) is 30.7 Å². The van der Waals surface area contributed by atoms with Crippen LogP contribution in [0.1, 0.15) is 28.1 Å². The van der Waals surface area contributed by atoms with Crippen LogP contribution < -0.4 is 5.73 Å². The Bertz CT molecular complexity index is 557. The molecule has 1 amide bonds. The monoisotopic (exact) mass is 289 g/mol. The van der Waals surface area contributed by atoms with E-state index in [0.717, 1.165) is 30.1 Å². The molecular weight excluding hydrogens is 270 g/mol. The summed E-state index contributed by atoms with van der Waals surface area (Å²) in [5, 5.41) is 1.91. The van der Waals surface area contributed by atoms with Gasteiger partial charge in [0.2, 0.25) is 0 Å². The molecule has 0 aromatic carbocycles. The highest BCUT2D eigenvalue weighted by molar-refractivity contribution is 7.10. The lowest BCUT2D eigenvalue weighted by atomic mass is 10.1. The SMILES string of the molecule is NCC#Cc1cc(C(=O)N2CCN3CCCC3C2)cs1. The van der Waals surface area contributed by atoms with Crippen molar-refractivity contribution >= 4 is 17.2 Å². The molecule has 5 heteroatoms. The zero-order valence-corrected chi connectivity index (χ0v) is 12.3. The highest BCUT2D eigenvalue weighted by Gasteiger charge is 2.32. The van der Waals surface area contributed by atoms with Gasteiger partial charge < -0.3 is 10.6 Å². The molecule has 0 radical (unpaired) electrons. The van der Waals surface area contributed by atoms with Crippen LogP contribution in [0.5, 0.6) is 0 Å². The van der Waals surface area contributed by atoms with Gasteiger partial charge in [-0.3, -0.25) is 9.69 Å². The van der Waals surface area contributed by atoms with Crippen molar-refractivity contribution in [3.05, 3.63) is 21.9 Å². The lowest BCUT2D eigenvalue weighted by Gasteiger charge is -2.37. The van der Waals surface area contributed by atoms with Crippen molar-refractivity contribution in [1.82, 2.24) is 9.80 Å². The number of hydrogen-bond acceptors (Lipinski definition) is 4. The lowest BCUT2D eigenvalue weighted by Crippen LogP contribution is -2.51. The minimum atomic E-state index is 0.147. The number of thiophene rings is 1. The zero-order valence-electron chi connectivity index (χ0n) is 11.5. The Kier molecular flexibility index (Phi) is 4.06. The molecule has 2 saturated heterocycles. The summed E-state index contributed by atoms with van der Waals surface area (Å²) in [5.41, 5.74) is 6.13. The fourth-order valence-electron chi connectivity index (χ4n) is 3.01. The quantitative estimate of drug-likeness (QED) is 0.784. The average molecular weight is 289 g/mol. The molecule has 2 fully saturated rings. The van der Waals surface area contributed by atoms with Gasteiger partial charge in [0.15, 0.2) is 0 Å². The van der Waals surface area contributed by atoms with E-state index in [1.54, 1.807) is 0 Å². The van der Waals surface area contributed by atoms with E-state index in [4.69, 9.17) is 5.73 Å². The highest BCUT2D eigenvalue weighted by Crippen LogP contribution is 2.23. The van der Waals surface area contributed by atoms with E-state index in [-0.39, 0.29) is 5.91 Å². The Morgan fingerprint density at radius 1 is 1.45 bits per heavy atom. The van der Waals surface area contributed by atoms with Gasteiger partial charge in [0.1, 0.15) is 0 Å². The van der Waals surface area contributed by atoms with Gasteiger partial charge in [0.05, 0.1) is 17.0 Å². The van der Waals surface area contributed by atoms with Gasteiger partial charge in [0.25, 0.3) is 5.91 Å². The van der Waals surface area contributed by atoms with E-state index in [1.807, 2.05) is 16.3 Å². The smallest absolute Gasteiger partial charge is 0.254 e. The summed E-state index contributed by atoms with van der Waals surface area (Å²) in [4.78, 5) is 17.9. The largest absolute Gasteiger partial charge is 0.336 e. The van der Waals surface area contributed by atoms with Crippen LogP contribution in [0.4, 0.5) is 0 Å². The fraction of sp³-hybridized carbons (Fsp3) is 0.533. The third-order valence-electron chi connectivity index (χ3n) is 4.03. The Balaban J connectivity index is 1.68. The van der Waals surface area contributed by atoms with Gasteiger partial charge in [-0.15, -0.1) is 11.3 Å². The van der Waals surface area contributed by atoms with Crippen molar-refractivity contribution in [3.8, 4) is 11.8 Å². The molecule has 20 heavy (non-hydrogen) atoms. The molecule has 0 spiro atoms. The summed E-state index contributed by atoms with van der Waals surface area (Å²) in [6, 6.07) is 2.46. The third kappa shape index (κ3) is 2.73. The lowest BCUT2D eigenvalue weighted by molar-refractivity contribution is 0.0572. The maximum atomic E-state index is 12.5. The first kappa shape index (κ1) is 13.6. The van der Waals surface area contributed by atoms with Crippen molar-refractivity contribution in [3.63, 3.8) is 0 Å². The maximum Gasteiger partial charge on any atom is 0.254 e. The number of carbonyl (C=O) groups excluding carboxylic acids is 1. The maximum absolute atomic E-state index is 12.5. The number of hydrogen-bond donors (Lipinski definition) is 1. The van der Waals surface area contributed by atoms with E-state index in [9.17, 15) is 4.79 Å². The highest BCUT2D eigenvalue weighted by atomic mass is 32.1. The van der Waals surface area contributed by atoms with Crippen LogP contribution >= 0.6 is 11.3 Å². The van der Waals surface area contributed by atoms with Gasteiger partial charge in [0, 0.05) is 31.1 Å². The molecule has 0 bridgehead atoms. The molecular formula is C15H19N3OS. The van der Waals surface area contributed by atoms with Crippen LogP contribution in [0, 0.1) is 11.8 Å². The first-order valence-corrected chi connectivity index (χ1v) is 7.96. The van der Waals surface area contributed by atoms with Crippen LogP contribution in [-0.4, -0.2) is 54.5 Å². The zero-order chi connectivity index (χ0) is 13.9. The van der Waals surface area contributed by atoms with Crippen LogP contribution in [0.25, 0.3) is 0 Å². The predicted molar refractivity (Wildman–Crippen MR) is 80.7 cm³/mol. The molecule has 4 nitrogen and oxygen atoms in total. The molecule has 1 aromatic rings. The van der Waals surface area contributed by atoms with Gasteiger partial charge >= 0.3 is 0 Å². The second-order valence-electron chi connectivity index (χ2n) is 5.29. The Hall–Kier alpha value is -1.35. The van der Waals surface area contributed by atoms with Gasteiger partial charge in [-0.1, -0.05) is 11.8 Å². The summed E-state index contributed by atoms with van der Waals surface area (Å²) in [7, 11) is 0. The molecule has 3 heterocycles. The van der Waals surface area contributed by atoms with Gasteiger partial charge in [-0.25, -0.2) is 0 Å². The van der Waals surface area contributed by atoms with Crippen molar-refractivity contribution in [2.45, 2.75) is 18.9 Å². The van der Waals surface area contributed by atoms with Crippen LogP contribution in [-0.2, 0) is 0 Å². The molecule has 106 valence electrons. The number of amides is 1. The number of fused-ring (bicyclic) bond motifs is 1. The molecule has 2 aliphatic rings. The molecule has 1 aromatic heterocycles. The average Bonchev–Trinajstić information content (AvgIpc) is 3.12. The van der Waals surface area contributed by atoms with Crippen LogP contribution in [0.2, 0.25) is 0 Å². The van der Waals surface area contributed by atoms with E-state index < -0.39 is 0 Å². The molecule has 1 atom stereocenters. The van der Waals surface area contributed by atoms with Gasteiger partial charge in [-0.05, 0) is 25.5 Å². The van der Waals surface area contributed by atoms with E-state index >= 15 is 0 Å². The standard InChI is InChI=1S/C15H19N3OS/c16-5-1-4-14-9-12(11-20-14)15(19)18-8-7-17-6-2-3-13(17)10-18/h9,11,13H,2-3,5-8,10,16H2. The number of rotatable bonds is 1. The predicted octanol–water partition coefficient (Wildman–Crippen LogP) is 0.979. The van der Waals surface area contributed by atoms with Crippen molar-refractivity contribution < 1.29 is 4.79 Å². The second-order valence-corrected chi connectivity index (χ2v) is 6.20. The van der Waals surface area contributed by atoms with Crippen molar-refractivity contribution in [1.29, 1.82) is 0 Å². The number of nitrogens with zero attached hydrogens (tertiary/aromatic N) is 2. The molecule has 3 rings (SSSR count). The van der Waals surface area contributed by atoms with Gasteiger partial charge in [-0.2, -0.15) is 0 Å². The Labute approximate surface area is 123 Å².